The molecule has 0 radical (unpaired) electrons. The van der Waals surface area contributed by atoms with Crippen molar-refractivity contribution in [3.8, 4) is 0 Å². The normalized spacial score (nSPS) is 18.4. The third-order valence-corrected chi connectivity index (χ3v) is 3.99. The maximum absolute atomic E-state index is 6.25. The Labute approximate surface area is 85.3 Å². The molecule has 0 unspecified atom stereocenters. The van der Waals surface area contributed by atoms with E-state index in [0.717, 1.165) is 5.69 Å². The summed E-state index contributed by atoms with van der Waals surface area (Å²) < 4.78 is 0. The second kappa shape index (κ2) is 2.75. The lowest BCUT2D eigenvalue weighted by Gasteiger charge is -2.14. The topological polar surface area (TPSA) is 26.0 Å². The zero-order valence-electron chi connectivity index (χ0n) is 8.82. The van der Waals surface area contributed by atoms with Crippen LogP contribution in [0.4, 0.5) is 5.69 Å². The molecule has 2 N–H and O–H groups in total. The van der Waals surface area contributed by atoms with E-state index in [1.165, 1.54) is 49.7 Å². The lowest BCUT2D eigenvalue weighted by atomic mass is 9.93. The van der Waals surface area contributed by atoms with Crippen LogP contribution in [0.3, 0.4) is 0 Å². The number of anilines is 1. The van der Waals surface area contributed by atoms with Crippen LogP contribution >= 0.6 is 0 Å². The lowest BCUT2D eigenvalue weighted by molar-refractivity contribution is 0.894. The molecule has 1 nitrogen and oxygen atoms in total. The minimum atomic E-state index is 1.15. The first-order valence-electron chi connectivity index (χ1n) is 5.70. The number of nitrogen functional groups attached to an aromatic ring is 1. The smallest absolute Gasteiger partial charge is 0.0384 e. The van der Waals surface area contributed by atoms with Crippen LogP contribution in [-0.2, 0) is 25.7 Å². The minimum absolute atomic E-state index is 1.15. The zero-order valence-corrected chi connectivity index (χ0v) is 8.82. The third-order valence-electron chi connectivity index (χ3n) is 3.99. The fraction of sp³-hybridized carbons (Fsp3) is 0.538. The van der Waals surface area contributed by atoms with Gasteiger partial charge in [0.1, 0.15) is 0 Å². The Morgan fingerprint density at radius 2 is 1.21 bits per heavy atom. The molecule has 0 bridgehead atoms. The zero-order chi connectivity index (χ0) is 9.71. The third kappa shape index (κ3) is 0.902. The molecule has 0 saturated carbocycles. The van der Waals surface area contributed by atoms with Gasteiger partial charge in [-0.2, -0.15) is 0 Å². The molecule has 1 aromatic rings. The molecule has 74 valence electrons. The molecule has 0 amide bonds. The number of rotatable bonds is 0. The number of fused-ring (bicyclic) bond motifs is 2. The van der Waals surface area contributed by atoms with Gasteiger partial charge in [-0.3, -0.25) is 0 Å². The van der Waals surface area contributed by atoms with E-state index >= 15 is 0 Å². The Balaban J connectivity index is 2.33. The SMILES string of the molecule is Cc1c2c(c(N)c3c1CCC3)CCC2. The van der Waals surface area contributed by atoms with E-state index in [2.05, 4.69) is 6.92 Å². The molecular formula is C13H17N. The predicted octanol–water partition coefficient (Wildman–Crippen LogP) is 2.55. The Morgan fingerprint density at radius 3 is 1.71 bits per heavy atom. The van der Waals surface area contributed by atoms with Gasteiger partial charge < -0.3 is 5.73 Å². The van der Waals surface area contributed by atoms with Crippen LogP contribution in [0, 0.1) is 6.92 Å². The molecule has 2 aliphatic rings. The Morgan fingerprint density at radius 1 is 0.786 bits per heavy atom. The molecule has 0 atom stereocenters. The van der Waals surface area contributed by atoms with Gasteiger partial charge in [-0.15, -0.1) is 0 Å². The molecular weight excluding hydrogens is 170 g/mol. The summed E-state index contributed by atoms with van der Waals surface area (Å²) in [4.78, 5) is 0. The van der Waals surface area contributed by atoms with E-state index in [1.807, 2.05) is 0 Å². The number of hydrogen-bond acceptors (Lipinski definition) is 1. The van der Waals surface area contributed by atoms with E-state index < -0.39 is 0 Å². The van der Waals surface area contributed by atoms with Crippen molar-refractivity contribution in [2.24, 2.45) is 0 Å². The minimum Gasteiger partial charge on any atom is -0.398 e. The molecule has 0 fully saturated rings. The maximum Gasteiger partial charge on any atom is 0.0384 e. The van der Waals surface area contributed by atoms with E-state index in [9.17, 15) is 0 Å². The van der Waals surface area contributed by atoms with Crippen LogP contribution in [0.15, 0.2) is 0 Å². The van der Waals surface area contributed by atoms with E-state index in [0.29, 0.717) is 0 Å². The number of hydrogen-bond donors (Lipinski definition) is 1. The van der Waals surface area contributed by atoms with Gasteiger partial charge in [-0.25, -0.2) is 0 Å². The molecule has 0 aromatic heterocycles. The summed E-state index contributed by atoms with van der Waals surface area (Å²) in [7, 11) is 0. The summed E-state index contributed by atoms with van der Waals surface area (Å²) in [5, 5.41) is 0. The Hall–Kier alpha value is -0.980. The first kappa shape index (κ1) is 8.34. The standard InChI is InChI=1S/C13H17N/c1-8-9-4-2-6-11(9)13(14)12-7-3-5-10(8)12/h2-7,14H2,1H3. The van der Waals surface area contributed by atoms with Crippen molar-refractivity contribution in [2.75, 3.05) is 5.73 Å². The number of nitrogens with two attached hydrogens (primary N) is 1. The monoisotopic (exact) mass is 187 g/mol. The number of benzene rings is 1. The predicted molar refractivity (Wildman–Crippen MR) is 59.6 cm³/mol. The first-order valence-corrected chi connectivity index (χ1v) is 5.70. The van der Waals surface area contributed by atoms with Gasteiger partial charge in [0.05, 0.1) is 0 Å². The molecule has 0 saturated heterocycles. The second-order valence-electron chi connectivity index (χ2n) is 4.66. The summed E-state index contributed by atoms with van der Waals surface area (Å²) >= 11 is 0. The quantitative estimate of drug-likeness (QED) is 0.621. The van der Waals surface area contributed by atoms with Gasteiger partial charge in [0, 0.05) is 5.69 Å². The summed E-state index contributed by atoms with van der Waals surface area (Å²) in [6.07, 6.45) is 7.58. The molecule has 0 heterocycles. The summed E-state index contributed by atoms with van der Waals surface area (Å²) in [6, 6.07) is 0. The van der Waals surface area contributed by atoms with Crippen LogP contribution in [0.1, 0.15) is 40.7 Å². The van der Waals surface area contributed by atoms with Gasteiger partial charge in [0.2, 0.25) is 0 Å². The molecule has 0 aliphatic heterocycles. The lowest BCUT2D eigenvalue weighted by Crippen LogP contribution is -2.03. The summed E-state index contributed by atoms with van der Waals surface area (Å²) in [6.45, 7) is 2.30. The largest absolute Gasteiger partial charge is 0.398 e. The van der Waals surface area contributed by atoms with Crippen LogP contribution in [-0.4, -0.2) is 0 Å². The molecule has 1 aromatic carbocycles. The molecule has 14 heavy (non-hydrogen) atoms. The first-order chi connectivity index (χ1) is 6.79. The highest BCUT2D eigenvalue weighted by Gasteiger charge is 2.25. The van der Waals surface area contributed by atoms with Crippen molar-refractivity contribution in [1.82, 2.24) is 0 Å². The van der Waals surface area contributed by atoms with Gasteiger partial charge in [0.15, 0.2) is 0 Å². The maximum atomic E-state index is 6.25. The average Bonchev–Trinajstić information content (AvgIpc) is 2.82. The van der Waals surface area contributed by atoms with Crippen molar-refractivity contribution >= 4 is 5.69 Å². The van der Waals surface area contributed by atoms with Crippen molar-refractivity contribution in [3.05, 3.63) is 27.8 Å². The fourth-order valence-electron chi connectivity index (χ4n) is 3.27. The van der Waals surface area contributed by atoms with E-state index in [4.69, 9.17) is 5.73 Å². The average molecular weight is 187 g/mol. The van der Waals surface area contributed by atoms with Crippen molar-refractivity contribution in [3.63, 3.8) is 0 Å². The molecule has 1 heteroatoms. The van der Waals surface area contributed by atoms with Gasteiger partial charge >= 0.3 is 0 Å². The van der Waals surface area contributed by atoms with Gasteiger partial charge in [-0.1, -0.05) is 0 Å². The highest BCUT2D eigenvalue weighted by atomic mass is 14.6. The second-order valence-corrected chi connectivity index (χ2v) is 4.66. The van der Waals surface area contributed by atoms with Gasteiger partial charge in [0.25, 0.3) is 0 Å². The highest BCUT2D eigenvalue weighted by molar-refractivity contribution is 5.66. The highest BCUT2D eigenvalue weighted by Crippen LogP contribution is 2.39. The summed E-state index contributed by atoms with van der Waals surface area (Å²) in [5.74, 6) is 0. The Kier molecular flexibility index (Phi) is 1.64. The summed E-state index contributed by atoms with van der Waals surface area (Å²) in [5.41, 5.74) is 15.1. The van der Waals surface area contributed by atoms with Crippen molar-refractivity contribution < 1.29 is 0 Å². The van der Waals surface area contributed by atoms with Crippen molar-refractivity contribution in [2.45, 2.75) is 45.4 Å². The molecule has 3 rings (SSSR count). The van der Waals surface area contributed by atoms with Crippen molar-refractivity contribution in [1.29, 1.82) is 0 Å². The van der Waals surface area contributed by atoms with Crippen LogP contribution in [0.25, 0.3) is 0 Å². The van der Waals surface area contributed by atoms with E-state index in [-0.39, 0.29) is 0 Å². The van der Waals surface area contributed by atoms with Gasteiger partial charge in [-0.05, 0) is 73.3 Å². The van der Waals surface area contributed by atoms with Crippen LogP contribution in [0.5, 0.6) is 0 Å². The van der Waals surface area contributed by atoms with Crippen LogP contribution < -0.4 is 5.73 Å². The van der Waals surface area contributed by atoms with E-state index in [1.54, 1.807) is 16.7 Å². The molecule has 0 spiro atoms. The fourth-order valence-corrected chi connectivity index (χ4v) is 3.27. The van der Waals surface area contributed by atoms with Crippen LogP contribution in [0.2, 0.25) is 0 Å². The molecule has 2 aliphatic carbocycles. The Bertz CT molecular complexity index is 332.